The summed E-state index contributed by atoms with van der Waals surface area (Å²) in [5, 5.41) is 11.3. The number of benzene rings is 1. The molecule has 1 aromatic carbocycles. The van der Waals surface area contributed by atoms with Crippen molar-refractivity contribution in [1.82, 2.24) is 25.3 Å². The molecule has 0 aliphatic heterocycles. The van der Waals surface area contributed by atoms with E-state index in [4.69, 9.17) is 4.99 Å². The van der Waals surface area contributed by atoms with Gasteiger partial charge in [-0.3, -0.25) is 9.67 Å². The lowest BCUT2D eigenvalue weighted by molar-refractivity contribution is 0.298. The van der Waals surface area contributed by atoms with Gasteiger partial charge < -0.3 is 15.5 Å². The van der Waals surface area contributed by atoms with Gasteiger partial charge in [0.1, 0.15) is 0 Å². The molecule has 0 saturated heterocycles. The zero-order chi connectivity index (χ0) is 20.4. The predicted octanol–water partition coefficient (Wildman–Crippen LogP) is 3.24. The summed E-state index contributed by atoms with van der Waals surface area (Å²) in [5.41, 5.74) is 3.64. The number of halogens is 1. The first kappa shape index (κ1) is 25.4. The van der Waals surface area contributed by atoms with Crippen molar-refractivity contribution in [2.75, 3.05) is 33.7 Å². The van der Waals surface area contributed by atoms with Crippen LogP contribution in [0.2, 0.25) is 0 Å². The number of nitrogens with zero attached hydrogens (tertiary/aromatic N) is 4. The van der Waals surface area contributed by atoms with Gasteiger partial charge in [-0.1, -0.05) is 30.3 Å². The van der Waals surface area contributed by atoms with Gasteiger partial charge in [-0.2, -0.15) is 5.10 Å². The lowest BCUT2D eigenvalue weighted by atomic mass is 10.1. The van der Waals surface area contributed by atoms with Crippen molar-refractivity contribution in [3.63, 3.8) is 0 Å². The number of nitrogens with one attached hydrogen (secondary N) is 2. The molecule has 0 aliphatic rings. The minimum atomic E-state index is 0. The standard InChI is InChI=1S/C22H36N6.HI/c1-6-23-22(24-13-10-14-28-19(3)15-18(2)26-28)25-17-21(27(4)5)16-20-11-8-7-9-12-20;/h7-9,11-12,15,21H,6,10,13-14,16-17H2,1-5H3,(H2,23,24,25);1H. The maximum atomic E-state index is 4.83. The van der Waals surface area contributed by atoms with Crippen LogP contribution in [0.1, 0.15) is 30.3 Å². The molecule has 0 radical (unpaired) electrons. The number of guanidine groups is 1. The second-order valence-corrected chi connectivity index (χ2v) is 7.46. The Balaban J connectivity index is 0.00000420. The summed E-state index contributed by atoms with van der Waals surface area (Å²) in [5.74, 6) is 0.885. The lowest BCUT2D eigenvalue weighted by Crippen LogP contribution is -2.40. The molecule has 7 heteroatoms. The van der Waals surface area contributed by atoms with Crippen LogP contribution in [0, 0.1) is 13.8 Å². The van der Waals surface area contributed by atoms with E-state index in [0.717, 1.165) is 50.7 Å². The van der Waals surface area contributed by atoms with Crippen molar-refractivity contribution in [3.8, 4) is 0 Å². The Hall–Kier alpha value is -1.61. The van der Waals surface area contributed by atoms with Crippen LogP contribution in [0.4, 0.5) is 0 Å². The van der Waals surface area contributed by atoms with Gasteiger partial charge in [-0.05, 0) is 59.3 Å². The summed E-state index contributed by atoms with van der Waals surface area (Å²) in [7, 11) is 4.25. The highest BCUT2D eigenvalue weighted by molar-refractivity contribution is 14.0. The molecular weight excluding hydrogens is 475 g/mol. The van der Waals surface area contributed by atoms with Crippen LogP contribution < -0.4 is 10.6 Å². The van der Waals surface area contributed by atoms with Gasteiger partial charge in [0.2, 0.25) is 0 Å². The first-order chi connectivity index (χ1) is 13.5. The first-order valence-electron chi connectivity index (χ1n) is 10.2. The van der Waals surface area contributed by atoms with E-state index in [0.29, 0.717) is 6.04 Å². The molecule has 2 aromatic rings. The molecule has 29 heavy (non-hydrogen) atoms. The number of hydrogen-bond acceptors (Lipinski definition) is 3. The summed E-state index contributed by atoms with van der Waals surface area (Å²) in [6, 6.07) is 13.1. The molecule has 1 atom stereocenters. The van der Waals surface area contributed by atoms with Crippen LogP contribution in [-0.2, 0) is 13.0 Å². The first-order valence-corrected chi connectivity index (χ1v) is 10.2. The summed E-state index contributed by atoms with van der Waals surface area (Å²) in [6.07, 6.45) is 2.00. The fraction of sp³-hybridized carbons (Fsp3) is 0.545. The highest BCUT2D eigenvalue weighted by Gasteiger charge is 2.12. The van der Waals surface area contributed by atoms with E-state index in [9.17, 15) is 0 Å². The maximum absolute atomic E-state index is 4.83. The van der Waals surface area contributed by atoms with Crippen molar-refractivity contribution in [2.45, 2.75) is 46.2 Å². The van der Waals surface area contributed by atoms with Gasteiger partial charge in [-0.15, -0.1) is 24.0 Å². The summed E-state index contributed by atoms with van der Waals surface area (Å²) < 4.78 is 2.07. The Kier molecular flexibility index (Phi) is 11.9. The smallest absolute Gasteiger partial charge is 0.191 e. The van der Waals surface area contributed by atoms with Crippen LogP contribution >= 0.6 is 24.0 Å². The Morgan fingerprint density at radius 1 is 1.17 bits per heavy atom. The number of aryl methyl sites for hydroxylation is 3. The second-order valence-electron chi connectivity index (χ2n) is 7.46. The Morgan fingerprint density at radius 3 is 2.48 bits per heavy atom. The maximum Gasteiger partial charge on any atom is 0.191 e. The number of hydrogen-bond donors (Lipinski definition) is 2. The van der Waals surface area contributed by atoms with Gasteiger partial charge in [0.25, 0.3) is 0 Å². The quantitative estimate of drug-likeness (QED) is 0.222. The van der Waals surface area contributed by atoms with Crippen molar-refractivity contribution in [1.29, 1.82) is 0 Å². The largest absolute Gasteiger partial charge is 0.357 e. The molecule has 0 bridgehead atoms. The molecule has 0 saturated carbocycles. The van der Waals surface area contributed by atoms with Gasteiger partial charge in [-0.25, -0.2) is 0 Å². The van der Waals surface area contributed by atoms with Crippen LogP contribution in [0.5, 0.6) is 0 Å². The SMILES string of the molecule is CCNC(=NCC(Cc1ccccc1)N(C)C)NCCCn1nc(C)cc1C.I. The number of rotatable bonds is 10. The summed E-state index contributed by atoms with van der Waals surface area (Å²) >= 11 is 0. The second kappa shape index (κ2) is 13.6. The third-order valence-corrected chi connectivity index (χ3v) is 4.79. The van der Waals surface area contributed by atoms with Crippen LogP contribution in [-0.4, -0.2) is 60.4 Å². The zero-order valence-corrected chi connectivity index (χ0v) is 20.8. The molecule has 1 heterocycles. The molecule has 1 aromatic heterocycles. The fourth-order valence-corrected chi connectivity index (χ4v) is 3.17. The highest BCUT2D eigenvalue weighted by Crippen LogP contribution is 2.07. The molecular formula is C22H37IN6. The topological polar surface area (TPSA) is 57.5 Å². The third-order valence-electron chi connectivity index (χ3n) is 4.79. The molecule has 0 aliphatic carbocycles. The lowest BCUT2D eigenvalue weighted by Gasteiger charge is -2.23. The average molecular weight is 512 g/mol. The number of aliphatic imine (C=N–C) groups is 1. The molecule has 0 amide bonds. The predicted molar refractivity (Wildman–Crippen MR) is 133 cm³/mol. The fourth-order valence-electron chi connectivity index (χ4n) is 3.17. The van der Waals surface area contributed by atoms with E-state index in [-0.39, 0.29) is 24.0 Å². The number of likely N-dealkylation sites (N-methyl/N-ethyl adjacent to an activating group) is 1. The molecule has 1 unspecified atom stereocenters. The van der Waals surface area contributed by atoms with E-state index >= 15 is 0 Å². The van der Waals surface area contributed by atoms with Crippen LogP contribution in [0.15, 0.2) is 41.4 Å². The monoisotopic (exact) mass is 512 g/mol. The van der Waals surface area contributed by atoms with Crippen molar-refractivity contribution < 1.29 is 0 Å². The molecule has 2 N–H and O–H groups in total. The minimum Gasteiger partial charge on any atom is -0.357 e. The Morgan fingerprint density at radius 2 is 1.90 bits per heavy atom. The molecule has 162 valence electrons. The van der Waals surface area contributed by atoms with E-state index in [2.05, 4.69) is 89.7 Å². The summed E-state index contributed by atoms with van der Waals surface area (Å²) in [6.45, 7) is 9.64. The Labute approximate surface area is 193 Å². The Bertz CT molecular complexity index is 726. The molecule has 0 spiro atoms. The third kappa shape index (κ3) is 9.16. The molecule has 6 nitrogen and oxygen atoms in total. The molecule has 2 rings (SSSR count). The normalized spacial score (nSPS) is 12.6. The van der Waals surface area contributed by atoms with Gasteiger partial charge >= 0.3 is 0 Å². The van der Waals surface area contributed by atoms with E-state index in [1.54, 1.807) is 0 Å². The van der Waals surface area contributed by atoms with Crippen molar-refractivity contribution >= 4 is 29.9 Å². The van der Waals surface area contributed by atoms with Crippen LogP contribution in [0.25, 0.3) is 0 Å². The number of aromatic nitrogens is 2. The van der Waals surface area contributed by atoms with E-state index < -0.39 is 0 Å². The zero-order valence-electron chi connectivity index (χ0n) is 18.5. The highest BCUT2D eigenvalue weighted by atomic mass is 127. The van der Waals surface area contributed by atoms with Gasteiger partial charge in [0.15, 0.2) is 5.96 Å². The van der Waals surface area contributed by atoms with Crippen molar-refractivity contribution in [2.24, 2.45) is 4.99 Å². The molecule has 0 fully saturated rings. The van der Waals surface area contributed by atoms with Gasteiger partial charge in [0.05, 0.1) is 12.2 Å². The summed E-state index contributed by atoms with van der Waals surface area (Å²) in [4.78, 5) is 7.08. The van der Waals surface area contributed by atoms with Gasteiger partial charge in [0, 0.05) is 31.4 Å². The van der Waals surface area contributed by atoms with Crippen molar-refractivity contribution in [3.05, 3.63) is 53.3 Å². The van der Waals surface area contributed by atoms with Crippen LogP contribution in [0.3, 0.4) is 0 Å². The van der Waals surface area contributed by atoms with E-state index in [1.807, 2.05) is 6.92 Å². The average Bonchev–Trinajstić information content (AvgIpc) is 2.99. The minimum absolute atomic E-state index is 0. The van der Waals surface area contributed by atoms with E-state index in [1.165, 1.54) is 11.3 Å².